The number of benzene rings is 2. The molecular formula is C17H19N3O5S. The molecule has 0 aromatic heterocycles. The Hall–Kier alpha value is -2.65. The van der Waals surface area contributed by atoms with Gasteiger partial charge in [-0.15, -0.1) is 0 Å². The minimum Gasteiger partial charge on any atom is -0.377 e. The first-order valence-electron chi connectivity index (χ1n) is 8.17. The van der Waals surface area contributed by atoms with Crippen LogP contribution in [0, 0.1) is 10.1 Å². The van der Waals surface area contributed by atoms with E-state index in [4.69, 9.17) is 4.74 Å². The maximum atomic E-state index is 12.5. The van der Waals surface area contributed by atoms with Crippen molar-refractivity contribution in [2.75, 3.05) is 23.2 Å². The Bertz CT molecular complexity index is 881. The molecule has 2 N–H and O–H groups in total. The van der Waals surface area contributed by atoms with E-state index in [-0.39, 0.29) is 22.4 Å². The fraction of sp³-hybridized carbons (Fsp3) is 0.294. The van der Waals surface area contributed by atoms with E-state index in [0.29, 0.717) is 18.8 Å². The van der Waals surface area contributed by atoms with Gasteiger partial charge in [0, 0.05) is 24.9 Å². The SMILES string of the molecule is O=[N+]([O-])c1cc(S(=O)(=O)Nc2ccccc2)ccc1NC[C@@H]1CCCO1. The smallest absolute Gasteiger partial charge is 0.293 e. The molecular weight excluding hydrogens is 358 g/mol. The van der Waals surface area contributed by atoms with Crippen LogP contribution in [0.4, 0.5) is 17.1 Å². The summed E-state index contributed by atoms with van der Waals surface area (Å²) >= 11 is 0. The summed E-state index contributed by atoms with van der Waals surface area (Å²) in [7, 11) is -3.92. The van der Waals surface area contributed by atoms with Gasteiger partial charge in [0.1, 0.15) is 5.69 Å². The van der Waals surface area contributed by atoms with Crippen molar-refractivity contribution in [1.29, 1.82) is 0 Å². The lowest BCUT2D eigenvalue weighted by atomic mass is 10.2. The molecule has 1 heterocycles. The number of hydrogen-bond donors (Lipinski definition) is 2. The van der Waals surface area contributed by atoms with E-state index < -0.39 is 14.9 Å². The highest BCUT2D eigenvalue weighted by molar-refractivity contribution is 7.92. The summed E-state index contributed by atoms with van der Waals surface area (Å²) in [5.41, 5.74) is 0.360. The molecule has 9 heteroatoms. The van der Waals surface area contributed by atoms with Crippen molar-refractivity contribution in [2.45, 2.75) is 23.8 Å². The van der Waals surface area contributed by atoms with Crippen molar-refractivity contribution >= 4 is 27.1 Å². The molecule has 0 radical (unpaired) electrons. The molecule has 1 aliphatic heterocycles. The lowest BCUT2D eigenvalue weighted by molar-refractivity contribution is -0.384. The molecule has 2 aromatic carbocycles. The second-order valence-electron chi connectivity index (χ2n) is 5.92. The highest BCUT2D eigenvalue weighted by Crippen LogP contribution is 2.29. The van der Waals surface area contributed by atoms with Gasteiger partial charge in [-0.3, -0.25) is 14.8 Å². The van der Waals surface area contributed by atoms with E-state index in [2.05, 4.69) is 10.0 Å². The standard InChI is InChI=1S/C17H19N3O5S/c21-20(22)17-11-15(26(23,24)19-13-5-2-1-3-6-13)8-9-16(17)18-12-14-7-4-10-25-14/h1-3,5-6,8-9,11,14,18-19H,4,7,10,12H2/t14-/m0/s1. The minimum atomic E-state index is -3.92. The molecule has 0 bridgehead atoms. The molecule has 1 aliphatic rings. The quantitative estimate of drug-likeness (QED) is 0.567. The number of hydrogen-bond acceptors (Lipinski definition) is 6. The minimum absolute atomic E-state index is 0.0118. The van der Waals surface area contributed by atoms with E-state index in [1.54, 1.807) is 30.3 Å². The van der Waals surface area contributed by atoms with Crippen LogP contribution in [-0.2, 0) is 14.8 Å². The first-order valence-corrected chi connectivity index (χ1v) is 9.66. The molecule has 138 valence electrons. The lowest BCUT2D eigenvalue weighted by Crippen LogP contribution is -2.19. The van der Waals surface area contributed by atoms with Crippen molar-refractivity contribution in [3.05, 3.63) is 58.6 Å². The van der Waals surface area contributed by atoms with Gasteiger partial charge in [0.25, 0.3) is 15.7 Å². The molecule has 1 atom stereocenters. The zero-order chi connectivity index (χ0) is 18.6. The van der Waals surface area contributed by atoms with Crippen molar-refractivity contribution in [2.24, 2.45) is 0 Å². The Morgan fingerprint density at radius 2 is 1.96 bits per heavy atom. The molecule has 26 heavy (non-hydrogen) atoms. The molecule has 0 aliphatic carbocycles. The van der Waals surface area contributed by atoms with Gasteiger partial charge >= 0.3 is 0 Å². The van der Waals surface area contributed by atoms with Crippen LogP contribution in [0.3, 0.4) is 0 Å². The maximum Gasteiger partial charge on any atom is 0.293 e. The van der Waals surface area contributed by atoms with Crippen LogP contribution >= 0.6 is 0 Å². The first kappa shape index (κ1) is 18.2. The fourth-order valence-corrected chi connectivity index (χ4v) is 3.81. The number of sulfonamides is 1. The molecule has 0 amide bonds. The fourth-order valence-electron chi connectivity index (χ4n) is 2.73. The summed E-state index contributed by atoms with van der Waals surface area (Å²) < 4.78 is 32.8. The monoisotopic (exact) mass is 377 g/mol. The van der Waals surface area contributed by atoms with Crippen LogP contribution in [0.15, 0.2) is 53.4 Å². The summed E-state index contributed by atoms with van der Waals surface area (Å²) in [5.74, 6) is 0. The van der Waals surface area contributed by atoms with Crippen molar-refractivity contribution in [3.63, 3.8) is 0 Å². The predicted octanol–water partition coefficient (Wildman–Crippen LogP) is 2.99. The van der Waals surface area contributed by atoms with Crippen LogP contribution < -0.4 is 10.0 Å². The Balaban J connectivity index is 1.81. The van der Waals surface area contributed by atoms with Gasteiger partial charge in [-0.05, 0) is 37.1 Å². The topological polar surface area (TPSA) is 111 Å². The van der Waals surface area contributed by atoms with E-state index in [1.807, 2.05) is 0 Å². The van der Waals surface area contributed by atoms with Crippen molar-refractivity contribution < 1.29 is 18.1 Å². The molecule has 2 aromatic rings. The largest absolute Gasteiger partial charge is 0.377 e. The second-order valence-corrected chi connectivity index (χ2v) is 7.61. The van der Waals surface area contributed by atoms with Gasteiger partial charge in [-0.25, -0.2) is 8.42 Å². The summed E-state index contributed by atoms with van der Waals surface area (Å²) in [5, 5.41) is 14.4. The van der Waals surface area contributed by atoms with Crippen LogP contribution in [0.1, 0.15) is 12.8 Å². The summed E-state index contributed by atoms with van der Waals surface area (Å²) in [6.45, 7) is 1.13. The Morgan fingerprint density at radius 1 is 1.19 bits per heavy atom. The normalized spacial score (nSPS) is 17.0. The summed E-state index contributed by atoms with van der Waals surface area (Å²) in [6.07, 6.45) is 1.88. The molecule has 1 saturated heterocycles. The molecule has 8 nitrogen and oxygen atoms in total. The van der Waals surface area contributed by atoms with Gasteiger partial charge in [0.05, 0.1) is 15.9 Å². The number of nitrogens with zero attached hydrogens (tertiary/aromatic N) is 1. The highest BCUT2D eigenvalue weighted by atomic mass is 32.2. The summed E-state index contributed by atoms with van der Waals surface area (Å²) in [6, 6.07) is 12.2. The predicted molar refractivity (Wildman–Crippen MR) is 97.8 cm³/mol. The number of nitro benzene ring substituents is 1. The molecule has 0 spiro atoms. The van der Waals surface area contributed by atoms with Gasteiger partial charge in [-0.2, -0.15) is 0 Å². The molecule has 0 saturated carbocycles. The number of rotatable bonds is 7. The third kappa shape index (κ3) is 4.30. The number of ether oxygens (including phenoxy) is 1. The maximum absolute atomic E-state index is 12.5. The van der Waals surface area contributed by atoms with Crippen molar-refractivity contribution in [1.82, 2.24) is 0 Å². The first-order chi connectivity index (χ1) is 12.5. The third-order valence-electron chi connectivity index (χ3n) is 4.05. The summed E-state index contributed by atoms with van der Waals surface area (Å²) in [4.78, 5) is 10.6. The lowest BCUT2D eigenvalue weighted by Gasteiger charge is -2.13. The number of nitro groups is 1. The Labute approximate surface area is 151 Å². The zero-order valence-corrected chi connectivity index (χ0v) is 14.7. The van der Waals surface area contributed by atoms with Crippen LogP contribution in [0.25, 0.3) is 0 Å². The third-order valence-corrected chi connectivity index (χ3v) is 5.43. The highest BCUT2D eigenvalue weighted by Gasteiger charge is 2.23. The van der Waals surface area contributed by atoms with E-state index in [0.717, 1.165) is 18.9 Å². The zero-order valence-electron chi connectivity index (χ0n) is 13.9. The van der Waals surface area contributed by atoms with Gasteiger partial charge in [0.2, 0.25) is 0 Å². The molecule has 3 rings (SSSR count). The molecule has 1 fully saturated rings. The average molecular weight is 377 g/mol. The average Bonchev–Trinajstić information content (AvgIpc) is 3.13. The van der Waals surface area contributed by atoms with Crippen molar-refractivity contribution in [3.8, 4) is 0 Å². The second kappa shape index (κ2) is 7.71. The van der Waals surface area contributed by atoms with E-state index >= 15 is 0 Å². The van der Waals surface area contributed by atoms with Gasteiger partial charge in [-0.1, -0.05) is 18.2 Å². The molecule has 0 unspecified atom stereocenters. The number of para-hydroxylation sites is 1. The van der Waals surface area contributed by atoms with Gasteiger partial charge < -0.3 is 10.1 Å². The van der Waals surface area contributed by atoms with E-state index in [9.17, 15) is 18.5 Å². The number of nitrogens with one attached hydrogen (secondary N) is 2. The van der Waals surface area contributed by atoms with Crippen LogP contribution in [0.2, 0.25) is 0 Å². The van der Waals surface area contributed by atoms with Crippen LogP contribution in [0.5, 0.6) is 0 Å². The van der Waals surface area contributed by atoms with E-state index in [1.165, 1.54) is 12.1 Å². The van der Waals surface area contributed by atoms with Gasteiger partial charge in [0.15, 0.2) is 0 Å². The van der Waals surface area contributed by atoms with Crippen LogP contribution in [-0.4, -0.2) is 32.6 Å². The Morgan fingerprint density at radius 3 is 2.62 bits per heavy atom. The number of anilines is 2. The Kier molecular flexibility index (Phi) is 5.38.